The number of imidazole rings is 1. The van der Waals surface area contributed by atoms with Crippen molar-refractivity contribution >= 4 is 0 Å². The van der Waals surface area contributed by atoms with E-state index in [1.54, 1.807) is 7.11 Å². The number of aryl methyl sites for hydroxylation is 2. The van der Waals surface area contributed by atoms with Gasteiger partial charge in [-0.05, 0) is 37.1 Å². The molecule has 4 heteroatoms. The molecule has 4 nitrogen and oxygen atoms in total. The number of nitrogens with zero attached hydrogens (tertiary/aromatic N) is 1. The molecule has 0 aliphatic rings. The van der Waals surface area contributed by atoms with Crippen molar-refractivity contribution in [1.82, 2.24) is 9.97 Å². The lowest BCUT2D eigenvalue weighted by Gasteiger charge is -2.10. The van der Waals surface area contributed by atoms with Crippen LogP contribution in [0.4, 0.5) is 0 Å². The van der Waals surface area contributed by atoms with E-state index in [1.165, 1.54) is 0 Å². The number of ether oxygens (including phenoxy) is 1. The maximum absolute atomic E-state index is 5.67. The van der Waals surface area contributed by atoms with Crippen molar-refractivity contribution in [3.63, 3.8) is 0 Å². The summed E-state index contributed by atoms with van der Waals surface area (Å²) in [5.41, 5.74) is 10.1. The molecule has 0 amide bonds. The number of benzene rings is 1. The van der Waals surface area contributed by atoms with Crippen LogP contribution in [0.5, 0.6) is 5.75 Å². The molecule has 1 aromatic carbocycles. The van der Waals surface area contributed by atoms with Gasteiger partial charge in [0.15, 0.2) is 0 Å². The Balaban J connectivity index is 2.42. The Labute approximate surface area is 114 Å². The third-order valence-electron chi connectivity index (χ3n) is 3.45. The van der Waals surface area contributed by atoms with Gasteiger partial charge in [-0.25, -0.2) is 4.98 Å². The normalized spacial score (nSPS) is 12.5. The quantitative estimate of drug-likeness (QED) is 0.887. The lowest BCUT2D eigenvalue weighted by Crippen LogP contribution is -2.10. The summed E-state index contributed by atoms with van der Waals surface area (Å²) in [6.45, 7) is 6.77. The molecule has 0 bridgehead atoms. The van der Waals surface area contributed by atoms with Crippen molar-refractivity contribution in [2.75, 3.05) is 13.7 Å². The van der Waals surface area contributed by atoms with Crippen molar-refractivity contribution in [2.45, 2.75) is 26.7 Å². The molecule has 102 valence electrons. The minimum atomic E-state index is 0.244. The first-order valence-electron chi connectivity index (χ1n) is 6.47. The molecule has 0 spiro atoms. The Hall–Kier alpha value is -1.81. The number of hydrogen-bond acceptors (Lipinski definition) is 3. The Morgan fingerprint density at radius 1 is 1.32 bits per heavy atom. The third-order valence-corrected chi connectivity index (χ3v) is 3.45. The van der Waals surface area contributed by atoms with Crippen molar-refractivity contribution in [3.05, 3.63) is 35.3 Å². The highest BCUT2D eigenvalue weighted by Gasteiger charge is 2.12. The van der Waals surface area contributed by atoms with Gasteiger partial charge in [-0.15, -0.1) is 0 Å². The molecule has 0 radical (unpaired) electrons. The van der Waals surface area contributed by atoms with E-state index in [1.807, 2.05) is 13.1 Å². The highest BCUT2D eigenvalue weighted by atomic mass is 16.5. The Kier molecular flexibility index (Phi) is 3.90. The van der Waals surface area contributed by atoms with Crippen LogP contribution in [0.2, 0.25) is 0 Å². The van der Waals surface area contributed by atoms with Crippen LogP contribution in [0.3, 0.4) is 0 Å². The third kappa shape index (κ3) is 2.63. The van der Waals surface area contributed by atoms with Crippen LogP contribution < -0.4 is 10.5 Å². The summed E-state index contributed by atoms with van der Waals surface area (Å²) in [6, 6.07) is 4.18. The second-order valence-electron chi connectivity index (χ2n) is 4.96. The molecule has 0 saturated heterocycles. The van der Waals surface area contributed by atoms with Gasteiger partial charge in [-0.2, -0.15) is 0 Å². The van der Waals surface area contributed by atoms with E-state index in [0.717, 1.165) is 34.0 Å². The number of aromatic nitrogens is 2. The number of rotatable bonds is 4. The lowest BCUT2D eigenvalue weighted by atomic mass is 10.0. The average Bonchev–Trinajstić information content (AvgIpc) is 2.89. The van der Waals surface area contributed by atoms with Gasteiger partial charge in [0.2, 0.25) is 0 Å². The zero-order valence-corrected chi connectivity index (χ0v) is 11.9. The minimum absolute atomic E-state index is 0.244. The van der Waals surface area contributed by atoms with Gasteiger partial charge in [0, 0.05) is 18.0 Å². The summed E-state index contributed by atoms with van der Waals surface area (Å²) >= 11 is 0. The number of hydrogen-bond donors (Lipinski definition) is 2. The lowest BCUT2D eigenvalue weighted by molar-refractivity contribution is 0.411. The molecule has 1 atom stereocenters. The number of nitrogens with one attached hydrogen (secondary N) is 1. The van der Waals surface area contributed by atoms with Crippen molar-refractivity contribution < 1.29 is 4.74 Å². The van der Waals surface area contributed by atoms with Gasteiger partial charge in [0.25, 0.3) is 0 Å². The molecule has 1 unspecified atom stereocenters. The molecular weight excluding hydrogens is 238 g/mol. The van der Waals surface area contributed by atoms with E-state index in [2.05, 4.69) is 35.9 Å². The molecule has 2 aromatic rings. The molecule has 2 rings (SSSR count). The predicted molar refractivity (Wildman–Crippen MR) is 77.5 cm³/mol. The molecule has 0 fully saturated rings. The largest absolute Gasteiger partial charge is 0.496 e. The highest BCUT2D eigenvalue weighted by molar-refractivity contribution is 5.66. The van der Waals surface area contributed by atoms with Crippen LogP contribution >= 0.6 is 0 Å². The maximum atomic E-state index is 5.67. The van der Waals surface area contributed by atoms with Crippen LogP contribution in [-0.2, 0) is 0 Å². The predicted octanol–water partition coefficient (Wildman–Crippen LogP) is 2.76. The van der Waals surface area contributed by atoms with Gasteiger partial charge in [0.1, 0.15) is 11.6 Å². The van der Waals surface area contributed by atoms with E-state index in [9.17, 15) is 0 Å². The maximum Gasteiger partial charge on any atom is 0.122 e. The number of H-pyrrole nitrogens is 1. The van der Waals surface area contributed by atoms with E-state index >= 15 is 0 Å². The van der Waals surface area contributed by atoms with Crippen LogP contribution in [0, 0.1) is 13.8 Å². The van der Waals surface area contributed by atoms with Crippen LogP contribution in [0.25, 0.3) is 11.3 Å². The number of aromatic amines is 1. The first kappa shape index (κ1) is 13.6. The monoisotopic (exact) mass is 259 g/mol. The van der Waals surface area contributed by atoms with Crippen LogP contribution in [0.1, 0.15) is 29.8 Å². The van der Waals surface area contributed by atoms with Gasteiger partial charge in [0.05, 0.1) is 19.0 Å². The van der Waals surface area contributed by atoms with E-state index in [4.69, 9.17) is 10.5 Å². The second-order valence-corrected chi connectivity index (χ2v) is 4.96. The smallest absolute Gasteiger partial charge is 0.122 e. The molecular formula is C15H21N3O. The van der Waals surface area contributed by atoms with Crippen molar-refractivity contribution in [3.8, 4) is 17.0 Å². The summed E-state index contributed by atoms with van der Waals surface area (Å²) < 4.78 is 5.34. The minimum Gasteiger partial charge on any atom is -0.496 e. The van der Waals surface area contributed by atoms with Crippen molar-refractivity contribution in [2.24, 2.45) is 5.73 Å². The van der Waals surface area contributed by atoms with Crippen molar-refractivity contribution in [1.29, 1.82) is 0 Å². The van der Waals surface area contributed by atoms with E-state index < -0.39 is 0 Å². The fourth-order valence-electron chi connectivity index (χ4n) is 2.14. The standard InChI is InChI=1S/C15H21N3O/c1-9-6-14(19-4)10(2)5-12(9)13-8-17-15(18-13)11(3)7-16/h5-6,8,11H,7,16H2,1-4H3,(H,17,18). The summed E-state index contributed by atoms with van der Waals surface area (Å²) in [7, 11) is 1.69. The van der Waals surface area contributed by atoms with E-state index in [0.29, 0.717) is 6.54 Å². The molecule has 1 aromatic heterocycles. The summed E-state index contributed by atoms with van der Waals surface area (Å²) in [4.78, 5) is 7.76. The molecule has 1 heterocycles. The topological polar surface area (TPSA) is 63.9 Å². The van der Waals surface area contributed by atoms with Gasteiger partial charge >= 0.3 is 0 Å². The first-order valence-corrected chi connectivity index (χ1v) is 6.47. The zero-order chi connectivity index (χ0) is 14.0. The van der Waals surface area contributed by atoms with Crippen LogP contribution in [-0.4, -0.2) is 23.6 Å². The van der Waals surface area contributed by atoms with Gasteiger partial charge in [-0.3, -0.25) is 0 Å². The Morgan fingerprint density at radius 3 is 2.68 bits per heavy atom. The molecule has 3 N–H and O–H groups in total. The number of nitrogens with two attached hydrogens (primary N) is 1. The fraction of sp³-hybridized carbons (Fsp3) is 0.400. The summed E-state index contributed by atoms with van der Waals surface area (Å²) in [6.07, 6.45) is 1.87. The number of methoxy groups -OCH3 is 1. The summed E-state index contributed by atoms with van der Waals surface area (Å²) in [5.74, 6) is 2.09. The van der Waals surface area contributed by atoms with Crippen LogP contribution in [0.15, 0.2) is 18.3 Å². The van der Waals surface area contributed by atoms with Gasteiger partial charge < -0.3 is 15.5 Å². The SMILES string of the molecule is COc1cc(C)c(-c2cnc(C(C)CN)[nH]2)cc1C. The first-order chi connectivity index (χ1) is 9.06. The molecule has 0 aliphatic heterocycles. The molecule has 0 saturated carbocycles. The zero-order valence-electron chi connectivity index (χ0n) is 11.9. The second kappa shape index (κ2) is 5.45. The molecule has 0 aliphatic carbocycles. The summed E-state index contributed by atoms with van der Waals surface area (Å²) in [5, 5.41) is 0. The molecule has 19 heavy (non-hydrogen) atoms. The van der Waals surface area contributed by atoms with E-state index in [-0.39, 0.29) is 5.92 Å². The Morgan fingerprint density at radius 2 is 2.05 bits per heavy atom. The highest BCUT2D eigenvalue weighted by Crippen LogP contribution is 2.29. The fourth-order valence-corrected chi connectivity index (χ4v) is 2.14. The Bertz CT molecular complexity index is 575. The van der Waals surface area contributed by atoms with Gasteiger partial charge in [-0.1, -0.05) is 6.92 Å². The average molecular weight is 259 g/mol.